The summed E-state index contributed by atoms with van der Waals surface area (Å²) >= 11 is 0. The van der Waals surface area contributed by atoms with Crippen molar-refractivity contribution in [3.8, 4) is 11.3 Å². The Morgan fingerprint density at radius 1 is 1.35 bits per heavy atom. The maximum Gasteiger partial charge on any atom is 0.135 e. The van der Waals surface area contributed by atoms with Gasteiger partial charge < -0.3 is 10.3 Å². The Bertz CT molecular complexity index is 535. The van der Waals surface area contributed by atoms with Gasteiger partial charge in [0, 0.05) is 25.1 Å². The van der Waals surface area contributed by atoms with Gasteiger partial charge in [-0.3, -0.25) is 0 Å². The van der Waals surface area contributed by atoms with Crippen LogP contribution in [0.25, 0.3) is 11.3 Å². The molecule has 90 valence electrons. The van der Waals surface area contributed by atoms with Crippen molar-refractivity contribution in [2.45, 2.75) is 6.42 Å². The van der Waals surface area contributed by atoms with Crippen LogP contribution in [0.3, 0.4) is 0 Å². The molecular weight excluding hydrogens is 224 g/mol. The maximum absolute atomic E-state index is 13.6. The van der Waals surface area contributed by atoms with E-state index in [1.54, 1.807) is 17.8 Å². The summed E-state index contributed by atoms with van der Waals surface area (Å²) in [4.78, 5) is 4.17. The third-order valence-corrected chi connectivity index (χ3v) is 2.66. The van der Waals surface area contributed by atoms with Gasteiger partial charge in [0.15, 0.2) is 0 Å². The Kier molecular flexibility index (Phi) is 3.19. The summed E-state index contributed by atoms with van der Waals surface area (Å²) in [7, 11) is 1.79. The van der Waals surface area contributed by atoms with Crippen molar-refractivity contribution in [2.75, 3.05) is 6.54 Å². The highest BCUT2D eigenvalue weighted by Gasteiger charge is 2.12. The first-order chi connectivity index (χ1) is 8.13. The van der Waals surface area contributed by atoms with Gasteiger partial charge in [-0.25, -0.2) is 13.8 Å². The Morgan fingerprint density at radius 2 is 2.12 bits per heavy atom. The van der Waals surface area contributed by atoms with E-state index in [1.807, 2.05) is 0 Å². The molecule has 0 bridgehead atoms. The predicted octanol–water partition coefficient (Wildman–Crippen LogP) is 1.87. The van der Waals surface area contributed by atoms with Crippen molar-refractivity contribution in [1.29, 1.82) is 0 Å². The van der Waals surface area contributed by atoms with Gasteiger partial charge in [0.05, 0.1) is 11.9 Å². The van der Waals surface area contributed by atoms with Crippen molar-refractivity contribution in [3.63, 3.8) is 0 Å². The maximum atomic E-state index is 13.6. The Labute approximate surface area is 97.9 Å². The summed E-state index contributed by atoms with van der Waals surface area (Å²) in [6.07, 6.45) is 2.20. The lowest BCUT2D eigenvalue weighted by atomic mass is 10.1. The van der Waals surface area contributed by atoms with E-state index in [-0.39, 0.29) is 0 Å². The molecule has 0 aliphatic rings. The molecule has 1 aromatic carbocycles. The largest absolute Gasteiger partial charge is 0.331 e. The fourth-order valence-corrected chi connectivity index (χ4v) is 1.76. The zero-order valence-corrected chi connectivity index (χ0v) is 9.45. The van der Waals surface area contributed by atoms with Crippen LogP contribution < -0.4 is 5.73 Å². The molecule has 0 unspecified atom stereocenters. The molecule has 2 rings (SSSR count). The minimum Gasteiger partial charge on any atom is -0.331 e. The molecule has 0 fully saturated rings. The van der Waals surface area contributed by atoms with Crippen LogP contribution in [0, 0.1) is 11.6 Å². The average Bonchev–Trinajstić information content (AvgIpc) is 2.62. The standard InChI is InChI=1S/C12H13F2N3/c1-17-11(7-16-12(17)4-5-15)9-3-2-8(13)6-10(9)14/h2-3,6-7H,4-5,15H2,1H3. The van der Waals surface area contributed by atoms with Crippen LogP contribution >= 0.6 is 0 Å². The van der Waals surface area contributed by atoms with Crippen LogP contribution in [0.15, 0.2) is 24.4 Å². The number of benzene rings is 1. The third-order valence-electron chi connectivity index (χ3n) is 2.66. The molecule has 0 saturated carbocycles. The van der Waals surface area contributed by atoms with Gasteiger partial charge in [-0.15, -0.1) is 0 Å². The highest BCUT2D eigenvalue weighted by Crippen LogP contribution is 2.23. The molecular formula is C12H13F2N3. The van der Waals surface area contributed by atoms with Crippen molar-refractivity contribution in [3.05, 3.63) is 41.9 Å². The second kappa shape index (κ2) is 4.63. The van der Waals surface area contributed by atoms with Crippen LogP contribution in [-0.4, -0.2) is 16.1 Å². The molecule has 0 atom stereocenters. The minimum atomic E-state index is -0.590. The minimum absolute atomic E-state index is 0.338. The molecule has 3 nitrogen and oxygen atoms in total. The molecule has 1 heterocycles. The van der Waals surface area contributed by atoms with E-state index in [9.17, 15) is 8.78 Å². The number of nitrogens with zero attached hydrogens (tertiary/aromatic N) is 2. The Hall–Kier alpha value is -1.75. The molecule has 1 aromatic heterocycles. The normalized spacial score (nSPS) is 10.8. The summed E-state index contributed by atoms with van der Waals surface area (Å²) < 4.78 is 28.2. The van der Waals surface area contributed by atoms with E-state index in [0.29, 0.717) is 24.2 Å². The van der Waals surface area contributed by atoms with Crippen LogP contribution in [-0.2, 0) is 13.5 Å². The summed E-state index contributed by atoms with van der Waals surface area (Å²) in [6.45, 7) is 0.482. The van der Waals surface area contributed by atoms with Crippen LogP contribution in [0.4, 0.5) is 8.78 Å². The second-order valence-electron chi connectivity index (χ2n) is 3.78. The highest BCUT2D eigenvalue weighted by molar-refractivity contribution is 5.60. The summed E-state index contributed by atoms with van der Waals surface area (Å²) in [5.41, 5.74) is 6.40. The molecule has 0 aliphatic carbocycles. The van der Waals surface area contributed by atoms with Gasteiger partial charge in [-0.05, 0) is 18.7 Å². The fraction of sp³-hybridized carbons (Fsp3) is 0.250. The molecule has 2 aromatic rings. The fourth-order valence-electron chi connectivity index (χ4n) is 1.76. The molecule has 17 heavy (non-hydrogen) atoms. The first kappa shape index (κ1) is 11.7. The predicted molar refractivity (Wildman–Crippen MR) is 61.3 cm³/mol. The highest BCUT2D eigenvalue weighted by atomic mass is 19.1. The molecule has 0 aliphatic heterocycles. The lowest BCUT2D eigenvalue weighted by Crippen LogP contribution is -2.08. The van der Waals surface area contributed by atoms with Gasteiger partial charge in [0.25, 0.3) is 0 Å². The summed E-state index contributed by atoms with van der Waals surface area (Å²) in [6, 6.07) is 3.51. The van der Waals surface area contributed by atoms with E-state index in [0.717, 1.165) is 11.9 Å². The van der Waals surface area contributed by atoms with Crippen LogP contribution in [0.1, 0.15) is 5.82 Å². The summed E-state index contributed by atoms with van der Waals surface area (Å²) in [5.74, 6) is -0.394. The molecule has 0 radical (unpaired) electrons. The molecule has 5 heteroatoms. The monoisotopic (exact) mass is 237 g/mol. The number of hydrogen-bond acceptors (Lipinski definition) is 2. The van der Waals surface area contributed by atoms with E-state index in [1.165, 1.54) is 12.1 Å². The second-order valence-corrected chi connectivity index (χ2v) is 3.78. The zero-order chi connectivity index (χ0) is 12.4. The summed E-state index contributed by atoms with van der Waals surface area (Å²) in [5, 5.41) is 0. The number of aromatic nitrogens is 2. The Balaban J connectivity index is 2.46. The van der Waals surface area contributed by atoms with E-state index in [2.05, 4.69) is 4.98 Å². The van der Waals surface area contributed by atoms with E-state index < -0.39 is 11.6 Å². The zero-order valence-electron chi connectivity index (χ0n) is 9.45. The average molecular weight is 237 g/mol. The Morgan fingerprint density at radius 3 is 2.76 bits per heavy atom. The number of imidazole rings is 1. The topological polar surface area (TPSA) is 43.8 Å². The first-order valence-electron chi connectivity index (χ1n) is 5.29. The van der Waals surface area contributed by atoms with Gasteiger partial charge in [0.1, 0.15) is 17.5 Å². The van der Waals surface area contributed by atoms with Crippen molar-refractivity contribution in [2.24, 2.45) is 12.8 Å². The van der Waals surface area contributed by atoms with Crippen LogP contribution in [0.2, 0.25) is 0 Å². The van der Waals surface area contributed by atoms with Crippen molar-refractivity contribution < 1.29 is 8.78 Å². The smallest absolute Gasteiger partial charge is 0.135 e. The first-order valence-corrected chi connectivity index (χ1v) is 5.29. The van der Waals surface area contributed by atoms with Crippen LogP contribution in [0.5, 0.6) is 0 Å². The number of nitrogens with two attached hydrogens (primary N) is 1. The molecule has 2 N–H and O–H groups in total. The molecule has 0 saturated heterocycles. The SMILES string of the molecule is Cn1c(-c2ccc(F)cc2F)cnc1CCN. The number of hydrogen-bond donors (Lipinski definition) is 1. The van der Waals surface area contributed by atoms with Crippen molar-refractivity contribution in [1.82, 2.24) is 9.55 Å². The van der Waals surface area contributed by atoms with Gasteiger partial charge in [0.2, 0.25) is 0 Å². The van der Waals surface area contributed by atoms with Crippen molar-refractivity contribution >= 4 is 0 Å². The lowest BCUT2D eigenvalue weighted by molar-refractivity contribution is 0.584. The molecule has 0 spiro atoms. The van der Waals surface area contributed by atoms with E-state index >= 15 is 0 Å². The van der Waals surface area contributed by atoms with Gasteiger partial charge >= 0.3 is 0 Å². The quantitative estimate of drug-likeness (QED) is 0.885. The molecule has 0 amide bonds. The number of halogens is 2. The number of rotatable bonds is 3. The van der Waals surface area contributed by atoms with Gasteiger partial charge in [-0.2, -0.15) is 0 Å². The van der Waals surface area contributed by atoms with Gasteiger partial charge in [-0.1, -0.05) is 0 Å². The third kappa shape index (κ3) is 2.19. The lowest BCUT2D eigenvalue weighted by Gasteiger charge is -2.06. The van der Waals surface area contributed by atoms with E-state index in [4.69, 9.17) is 5.73 Å².